The molecule has 0 amide bonds. The van der Waals surface area contributed by atoms with Crippen molar-refractivity contribution in [3.05, 3.63) is 21.7 Å². The van der Waals surface area contributed by atoms with Gasteiger partial charge in [0.15, 0.2) is 0 Å². The zero-order chi connectivity index (χ0) is 14.8. The van der Waals surface area contributed by atoms with E-state index in [0.29, 0.717) is 16.0 Å². The van der Waals surface area contributed by atoms with Gasteiger partial charge in [0.05, 0.1) is 0 Å². The summed E-state index contributed by atoms with van der Waals surface area (Å²) >= 11 is 3.38. The average Bonchev–Trinajstić information content (AvgIpc) is 2.94. The predicted molar refractivity (Wildman–Crippen MR) is 87.7 cm³/mol. The zero-order valence-electron chi connectivity index (χ0n) is 11.9. The number of thiazole rings is 1. The normalized spacial score (nSPS) is 19.9. The van der Waals surface area contributed by atoms with Gasteiger partial charge in [-0.15, -0.1) is 0 Å². The Labute approximate surface area is 131 Å². The molecule has 1 fully saturated rings. The molecule has 21 heavy (non-hydrogen) atoms. The summed E-state index contributed by atoms with van der Waals surface area (Å²) in [7, 11) is 0. The van der Waals surface area contributed by atoms with Crippen LogP contribution in [0.3, 0.4) is 0 Å². The molecule has 0 N–H and O–H groups in total. The van der Waals surface area contributed by atoms with Crippen LogP contribution in [0.25, 0.3) is 4.96 Å². The number of imidazole rings is 1. The molecule has 2 aromatic rings. The molecule has 1 saturated heterocycles. The minimum absolute atomic E-state index is 0.105. The minimum atomic E-state index is -0.311. The van der Waals surface area contributed by atoms with Crippen LogP contribution in [0.5, 0.6) is 0 Å². The van der Waals surface area contributed by atoms with Gasteiger partial charge in [-0.2, -0.15) is 21.1 Å². The third kappa shape index (κ3) is 2.87. The zero-order valence-corrected chi connectivity index (χ0v) is 13.5. The van der Waals surface area contributed by atoms with Crippen LogP contribution in [0.2, 0.25) is 0 Å². The van der Waals surface area contributed by atoms with Gasteiger partial charge in [-0.1, -0.05) is 24.7 Å². The molecule has 2 aromatic heterocycles. The summed E-state index contributed by atoms with van der Waals surface area (Å²) in [5.74, 6) is 1.72. The molecule has 3 rings (SSSR count). The molecule has 0 bridgehead atoms. The lowest BCUT2D eigenvalue weighted by Crippen LogP contribution is -2.30. The van der Waals surface area contributed by atoms with E-state index in [-0.39, 0.29) is 10.7 Å². The van der Waals surface area contributed by atoms with E-state index in [0.717, 1.165) is 25.3 Å². The van der Waals surface area contributed by atoms with Gasteiger partial charge in [-0.05, 0) is 23.5 Å². The van der Waals surface area contributed by atoms with E-state index >= 15 is 0 Å². The van der Waals surface area contributed by atoms with Gasteiger partial charge in [0.1, 0.15) is 6.20 Å². The lowest BCUT2D eigenvalue weighted by molar-refractivity contribution is -0.389. The molecule has 3 heterocycles. The van der Waals surface area contributed by atoms with E-state index < -0.39 is 0 Å². The molecule has 1 aliphatic heterocycles. The number of hydrogen-bond donors (Lipinski definition) is 0. The van der Waals surface area contributed by atoms with Crippen LogP contribution in [0, 0.1) is 10.1 Å². The Kier molecular flexibility index (Phi) is 4.34. The summed E-state index contributed by atoms with van der Waals surface area (Å²) < 4.78 is 1.59. The molecule has 1 atom stereocenters. The van der Waals surface area contributed by atoms with Gasteiger partial charge in [0.25, 0.3) is 4.96 Å². The summed E-state index contributed by atoms with van der Waals surface area (Å²) in [4.78, 5) is 18.5. The maximum atomic E-state index is 11.4. The second kappa shape index (κ2) is 6.23. The lowest BCUT2D eigenvalue weighted by Gasteiger charge is -2.23. The van der Waals surface area contributed by atoms with Crippen molar-refractivity contribution >= 4 is 39.7 Å². The maximum absolute atomic E-state index is 11.4. The standard InChI is InChI=1S/C13H18N4O2S2/c1-2-20-10-5-3-4-6-15(9-10)11-12(17(18)19)16-7-8-21-13(16)14-11/h7-8,10H,2-6,9H2,1H3. The Morgan fingerprint density at radius 3 is 3.19 bits per heavy atom. The summed E-state index contributed by atoms with van der Waals surface area (Å²) in [6.07, 6.45) is 5.17. The van der Waals surface area contributed by atoms with Crippen LogP contribution in [0.15, 0.2) is 11.6 Å². The third-order valence-electron chi connectivity index (χ3n) is 3.72. The molecule has 0 spiro atoms. The fourth-order valence-corrected chi connectivity index (χ4v) is 4.61. The summed E-state index contributed by atoms with van der Waals surface area (Å²) in [5.41, 5.74) is 0. The topological polar surface area (TPSA) is 63.7 Å². The van der Waals surface area contributed by atoms with Crippen molar-refractivity contribution in [2.24, 2.45) is 0 Å². The number of thioether (sulfide) groups is 1. The van der Waals surface area contributed by atoms with Crippen LogP contribution >= 0.6 is 23.1 Å². The molecule has 0 aromatic carbocycles. The molecule has 0 aliphatic carbocycles. The van der Waals surface area contributed by atoms with Crippen LogP contribution in [-0.2, 0) is 0 Å². The Bertz CT molecular complexity index is 639. The van der Waals surface area contributed by atoms with E-state index in [1.54, 1.807) is 10.6 Å². The highest BCUT2D eigenvalue weighted by atomic mass is 32.2. The fourth-order valence-electron chi connectivity index (χ4n) is 2.81. The second-order valence-corrected chi connectivity index (χ2v) is 7.54. The maximum Gasteiger partial charge on any atom is 0.373 e. The van der Waals surface area contributed by atoms with Gasteiger partial charge in [0.2, 0.25) is 5.82 Å². The number of nitro groups is 1. The molecule has 8 heteroatoms. The molecule has 1 unspecified atom stereocenters. The van der Waals surface area contributed by atoms with Crippen LogP contribution in [0.4, 0.5) is 11.6 Å². The summed E-state index contributed by atoms with van der Waals surface area (Å²) in [6, 6.07) is 0. The van der Waals surface area contributed by atoms with Crippen molar-refractivity contribution in [3.63, 3.8) is 0 Å². The van der Waals surface area contributed by atoms with Crippen LogP contribution in [0.1, 0.15) is 26.2 Å². The van der Waals surface area contributed by atoms with Crippen molar-refractivity contribution in [1.29, 1.82) is 0 Å². The molecule has 6 nitrogen and oxygen atoms in total. The molecule has 0 saturated carbocycles. The van der Waals surface area contributed by atoms with Gasteiger partial charge >= 0.3 is 5.82 Å². The Balaban J connectivity index is 1.96. The lowest BCUT2D eigenvalue weighted by atomic mass is 10.2. The smallest absolute Gasteiger partial charge is 0.358 e. The number of rotatable bonds is 4. The van der Waals surface area contributed by atoms with E-state index in [2.05, 4.69) is 16.8 Å². The number of aromatic nitrogens is 2. The largest absolute Gasteiger partial charge is 0.373 e. The van der Waals surface area contributed by atoms with E-state index in [1.807, 2.05) is 17.1 Å². The Hall–Kier alpha value is -1.28. The highest BCUT2D eigenvalue weighted by Crippen LogP contribution is 2.33. The van der Waals surface area contributed by atoms with Crippen molar-refractivity contribution in [3.8, 4) is 0 Å². The van der Waals surface area contributed by atoms with Crippen molar-refractivity contribution in [2.75, 3.05) is 23.7 Å². The first kappa shape index (κ1) is 14.6. The SMILES string of the molecule is CCSC1CCCCN(c2nc3sccn3c2[N+](=O)[O-])C1. The second-order valence-electron chi connectivity index (χ2n) is 5.09. The number of nitrogens with zero attached hydrogens (tertiary/aromatic N) is 4. The predicted octanol–water partition coefficient (Wildman–Crippen LogP) is 3.42. The van der Waals surface area contributed by atoms with Crippen molar-refractivity contribution in [1.82, 2.24) is 9.38 Å². The van der Waals surface area contributed by atoms with Gasteiger partial charge < -0.3 is 15.0 Å². The first-order valence-corrected chi connectivity index (χ1v) is 9.10. The van der Waals surface area contributed by atoms with Crippen molar-refractivity contribution in [2.45, 2.75) is 31.4 Å². The highest BCUT2D eigenvalue weighted by Gasteiger charge is 2.30. The van der Waals surface area contributed by atoms with E-state index in [9.17, 15) is 10.1 Å². The van der Waals surface area contributed by atoms with Crippen LogP contribution in [-0.4, -0.2) is 38.4 Å². The number of fused-ring (bicyclic) bond motifs is 1. The first-order valence-electron chi connectivity index (χ1n) is 7.17. The summed E-state index contributed by atoms with van der Waals surface area (Å²) in [5, 5.41) is 13.8. The van der Waals surface area contributed by atoms with Crippen molar-refractivity contribution < 1.29 is 4.92 Å². The van der Waals surface area contributed by atoms with Gasteiger partial charge in [0, 0.05) is 23.7 Å². The average molecular weight is 326 g/mol. The monoisotopic (exact) mass is 326 g/mol. The summed E-state index contributed by atoms with van der Waals surface area (Å²) in [6.45, 7) is 3.87. The van der Waals surface area contributed by atoms with Gasteiger partial charge in [-0.3, -0.25) is 0 Å². The van der Waals surface area contributed by atoms with E-state index in [1.165, 1.54) is 24.2 Å². The minimum Gasteiger partial charge on any atom is -0.358 e. The number of anilines is 1. The molecular formula is C13H18N4O2S2. The molecule has 0 radical (unpaired) electrons. The Morgan fingerprint density at radius 2 is 2.43 bits per heavy atom. The van der Waals surface area contributed by atoms with E-state index in [4.69, 9.17) is 0 Å². The molecule has 114 valence electrons. The fraction of sp³-hybridized carbons (Fsp3) is 0.615. The molecular weight excluding hydrogens is 308 g/mol. The number of hydrogen-bond acceptors (Lipinski definition) is 6. The van der Waals surface area contributed by atoms with Crippen LogP contribution < -0.4 is 4.90 Å². The first-order chi connectivity index (χ1) is 10.2. The highest BCUT2D eigenvalue weighted by molar-refractivity contribution is 7.99. The third-order valence-corrected chi connectivity index (χ3v) is 5.67. The van der Waals surface area contributed by atoms with Gasteiger partial charge in [-0.25, -0.2) is 0 Å². The molecule has 1 aliphatic rings. The Morgan fingerprint density at radius 1 is 1.57 bits per heavy atom. The quantitative estimate of drug-likeness (QED) is 0.636.